The van der Waals surface area contributed by atoms with Gasteiger partial charge in [-0.25, -0.2) is 4.39 Å². The summed E-state index contributed by atoms with van der Waals surface area (Å²) in [4.78, 5) is 12.1. The topological polar surface area (TPSA) is 47.6 Å². The van der Waals surface area contributed by atoms with Crippen LogP contribution in [-0.2, 0) is 0 Å². The third kappa shape index (κ3) is 3.44. The van der Waals surface area contributed by atoms with Crippen LogP contribution in [0.2, 0.25) is 5.02 Å². The molecule has 4 nitrogen and oxygen atoms in total. The third-order valence-corrected chi connectivity index (χ3v) is 3.10. The van der Waals surface area contributed by atoms with E-state index >= 15 is 0 Å². The summed E-state index contributed by atoms with van der Waals surface area (Å²) >= 11 is 5.99. The average Bonchev–Trinajstić information content (AvgIpc) is 2.48. The zero-order valence-corrected chi connectivity index (χ0v) is 12.2. The van der Waals surface area contributed by atoms with Crippen molar-refractivity contribution in [1.82, 2.24) is 0 Å². The summed E-state index contributed by atoms with van der Waals surface area (Å²) in [5.41, 5.74) is 0.582. The summed E-state index contributed by atoms with van der Waals surface area (Å²) in [7, 11) is 2.92. The standard InChI is InChI=1S/C15H13ClFNO3/c1-20-13-8-12(14(21-2)7-11(13)16)18-15(19)9-4-3-5-10(17)6-9/h3-8H,1-2H3,(H,18,19). The van der Waals surface area contributed by atoms with Crippen molar-refractivity contribution in [2.45, 2.75) is 0 Å². The van der Waals surface area contributed by atoms with Crippen molar-refractivity contribution in [1.29, 1.82) is 0 Å². The van der Waals surface area contributed by atoms with Crippen molar-refractivity contribution in [3.8, 4) is 11.5 Å². The largest absolute Gasteiger partial charge is 0.495 e. The Kier molecular flexibility index (Phi) is 4.65. The van der Waals surface area contributed by atoms with Gasteiger partial charge in [-0.15, -0.1) is 0 Å². The van der Waals surface area contributed by atoms with Gasteiger partial charge in [0.05, 0.1) is 24.9 Å². The van der Waals surface area contributed by atoms with Gasteiger partial charge in [0.25, 0.3) is 5.91 Å². The zero-order chi connectivity index (χ0) is 15.4. The highest BCUT2D eigenvalue weighted by Gasteiger charge is 2.14. The zero-order valence-electron chi connectivity index (χ0n) is 11.4. The van der Waals surface area contributed by atoms with E-state index in [1.54, 1.807) is 6.07 Å². The Morgan fingerprint density at radius 3 is 2.48 bits per heavy atom. The van der Waals surface area contributed by atoms with Crippen LogP contribution in [-0.4, -0.2) is 20.1 Å². The lowest BCUT2D eigenvalue weighted by atomic mass is 10.2. The van der Waals surface area contributed by atoms with E-state index in [0.29, 0.717) is 22.2 Å². The average molecular weight is 310 g/mol. The number of halogens is 2. The first-order valence-electron chi connectivity index (χ1n) is 6.03. The lowest BCUT2D eigenvalue weighted by Crippen LogP contribution is -2.13. The van der Waals surface area contributed by atoms with E-state index in [1.165, 1.54) is 38.5 Å². The smallest absolute Gasteiger partial charge is 0.255 e. The van der Waals surface area contributed by atoms with E-state index in [0.717, 1.165) is 6.07 Å². The highest BCUT2D eigenvalue weighted by atomic mass is 35.5. The number of hydrogen-bond acceptors (Lipinski definition) is 3. The van der Waals surface area contributed by atoms with Crippen molar-refractivity contribution in [2.24, 2.45) is 0 Å². The van der Waals surface area contributed by atoms with Gasteiger partial charge in [-0.2, -0.15) is 0 Å². The van der Waals surface area contributed by atoms with Crippen LogP contribution in [0, 0.1) is 5.82 Å². The van der Waals surface area contributed by atoms with Gasteiger partial charge in [0, 0.05) is 17.7 Å². The maximum atomic E-state index is 13.1. The molecule has 2 rings (SSSR count). The quantitative estimate of drug-likeness (QED) is 0.935. The summed E-state index contributed by atoms with van der Waals surface area (Å²) in [5.74, 6) is -0.168. The molecule has 0 radical (unpaired) electrons. The van der Waals surface area contributed by atoms with Gasteiger partial charge < -0.3 is 14.8 Å². The summed E-state index contributed by atoms with van der Waals surface area (Å²) in [5, 5.41) is 3.00. The summed E-state index contributed by atoms with van der Waals surface area (Å²) in [6, 6.07) is 8.46. The minimum Gasteiger partial charge on any atom is -0.495 e. The number of rotatable bonds is 4. The first kappa shape index (κ1) is 15.1. The predicted molar refractivity (Wildman–Crippen MR) is 78.9 cm³/mol. The summed E-state index contributed by atoms with van der Waals surface area (Å²) < 4.78 is 23.4. The van der Waals surface area contributed by atoms with Crippen molar-refractivity contribution in [2.75, 3.05) is 19.5 Å². The Bertz CT molecular complexity index is 676. The second-order valence-electron chi connectivity index (χ2n) is 4.15. The van der Waals surface area contributed by atoms with Gasteiger partial charge >= 0.3 is 0 Å². The number of nitrogens with one attached hydrogen (secondary N) is 1. The normalized spacial score (nSPS) is 10.1. The van der Waals surface area contributed by atoms with Gasteiger partial charge in [-0.3, -0.25) is 4.79 Å². The maximum Gasteiger partial charge on any atom is 0.255 e. The minimum absolute atomic E-state index is 0.200. The first-order valence-corrected chi connectivity index (χ1v) is 6.41. The summed E-state index contributed by atoms with van der Waals surface area (Å²) in [6.45, 7) is 0. The molecule has 0 bridgehead atoms. The van der Waals surface area contributed by atoms with Crippen LogP contribution in [0.4, 0.5) is 10.1 Å². The second-order valence-corrected chi connectivity index (χ2v) is 4.56. The molecule has 0 spiro atoms. The van der Waals surface area contributed by atoms with E-state index < -0.39 is 11.7 Å². The highest BCUT2D eigenvalue weighted by molar-refractivity contribution is 6.32. The van der Waals surface area contributed by atoms with Gasteiger partial charge in [-0.05, 0) is 18.2 Å². The molecule has 0 heterocycles. The molecule has 0 aliphatic rings. The summed E-state index contributed by atoms with van der Waals surface area (Å²) in [6.07, 6.45) is 0. The maximum absolute atomic E-state index is 13.1. The number of hydrogen-bond donors (Lipinski definition) is 1. The van der Waals surface area contributed by atoms with Crippen molar-refractivity contribution in [3.63, 3.8) is 0 Å². The van der Waals surface area contributed by atoms with Crippen LogP contribution >= 0.6 is 11.6 Å². The molecular formula is C15H13ClFNO3. The number of ether oxygens (including phenoxy) is 2. The SMILES string of the molecule is COc1cc(NC(=O)c2cccc(F)c2)c(OC)cc1Cl. The fourth-order valence-electron chi connectivity index (χ4n) is 1.78. The molecule has 110 valence electrons. The molecule has 0 saturated carbocycles. The molecule has 0 fully saturated rings. The molecule has 0 aromatic heterocycles. The van der Waals surface area contributed by atoms with E-state index in [-0.39, 0.29) is 5.56 Å². The first-order chi connectivity index (χ1) is 10.0. The molecule has 1 amide bonds. The van der Waals surface area contributed by atoms with E-state index in [2.05, 4.69) is 5.32 Å². The fraction of sp³-hybridized carbons (Fsp3) is 0.133. The molecule has 21 heavy (non-hydrogen) atoms. The highest BCUT2D eigenvalue weighted by Crippen LogP contribution is 2.36. The van der Waals surface area contributed by atoms with Crippen molar-refractivity contribution >= 4 is 23.2 Å². The molecule has 0 unspecified atom stereocenters. The number of carbonyl (C=O) groups is 1. The molecule has 1 N–H and O–H groups in total. The lowest BCUT2D eigenvalue weighted by molar-refractivity contribution is 0.102. The van der Waals surface area contributed by atoms with Gasteiger partial charge in [-0.1, -0.05) is 17.7 Å². The fourth-order valence-corrected chi connectivity index (χ4v) is 2.01. The monoisotopic (exact) mass is 309 g/mol. The van der Waals surface area contributed by atoms with Crippen LogP contribution < -0.4 is 14.8 Å². The van der Waals surface area contributed by atoms with Gasteiger partial charge in [0.15, 0.2) is 0 Å². The molecule has 2 aromatic carbocycles. The molecular weight excluding hydrogens is 297 g/mol. The van der Waals surface area contributed by atoms with Crippen LogP contribution in [0.5, 0.6) is 11.5 Å². The van der Waals surface area contributed by atoms with Crippen LogP contribution in [0.25, 0.3) is 0 Å². The van der Waals surface area contributed by atoms with Crippen molar-refractivity contribution in [3.05, 3.63) is 52.8 Å². The predicted octanol–water partition coefficient (Wildman–Crippen LogP) is 3.75. The molecule has 0 saturated heterocycles. The van der Waals surface area contributed by atoms with Gasteiger partial charge in [0.2, 0.25) is 0 Å². The van der Waals surface area contributed by atoms with E-state index in [4.69, 9.17) is 21.1 Å². The lowest BCUT2D eigenvalue weighted by Gasteiger charge is -2.13. The van der Waals surface area contributed by atoms with Crippen LogP contribution in [0.3, 0.4) is 0 Å². The Hall–Kier alpha value is -2.27. The Morgan fingerprint density at radius 2 is 1.86 bits per heavy atom. The van der Waals surface area contributed by atoms with Crippen molar-refractivity contribution < 1.29 is 18.7 Å². The number of amides is 1. The molecule has 0 aliphatic carbocycles. The van der Waals surface area contributed by atoms with E-state index in [1.807, 2.05) is 0 Å². The van der Waals surface area contributed by atoms with Crippen LogP contribution in [0.15, 0.2) is 36.4 Å². The molecule has 6 heteroatoms. The molecule has 0 atom stereocenters. The van der Waals surface area contributed by atoms with Gasteiger partial charge in [0.1, 0.15) is 17.3 Å². The molecule has 0 aliphatic heterocycles. The molecule has 2 aromatic rings. The Labute approximate surface area is 126 Å². The second kappa shape index (κ2) is 6.45. The third-order valence-electron chi connectivity index (χ3n) is 2.81. The minimum atomic E-state index is -0.483. The van der Waals surface area contributed by atoms with Crippen LogP contribution in [0.1, 0.15) is 10.4 Å². The number of benzene rings is 2. The number of anilines is 1. The number of methoxy groups -OCH3 is 2. The Morgan fingerprint density at radius 1 is 1.14 bits per heavy atom. The van der Waals surface area contributed by atoms with E-state index in [9.17, 15) is 9.18 Å². The Balaban J connectivity index is 2.32. The number of carbonyl (C=O) groups excluding carboxylic acids is 1.